The number of H-pyrrole nitrogens is 1. The molecule has 1 fully saturated rings. The summed E-state index contributed by atoms with van der Waals surface area (Å²) in [5.41, 5.74) is -0.186. The maximum atomic E-state index is 12.6. The maximum Gasteiger partial charge on any atom is 0.260 e. The Morgan fingerprint density at radius 1 is 1.33 bits per heavy atom. The number of hydrogen-bond acceptors (Lipinski definition) is 5. The molecule has 1 amide bonds. The third kappa shape index (κ3) is 3.75. The minimum Gasteiger partial charge on any atom is -0.396 e. The smallest absolute Gasteiger partial charge is 0.260 e. The van der Waals surface area contributed by atoms with E-state index in [-0.39, 0.29) is 29.7 Å². The first-order chi connectivity index (χ1) is 11.7. The highest BCUT2D eigenvalue weighted by molar-refractivity contribution is 7.09. The molecule has 1 aliphatic heterocycles. The summed E-state index contributed by atoms with van der Waals surface area (Å²) in [6.45, 7) is 2.76. The molecular formula is C17H21N3O3S. The van der Waals surface area contributed by atoms with Crippen LogP contribution in [0.25, 0.3) is 0 Å². The van der Waals surface area contributed by atoms with E-state index in [2.05, 4.69) is 21.3 Å². The van der Waals surface area contributed by atoms with E-state index in [0.29, 0.717) is 19.5 Å². The van der Waals surface area contributed by atoms with Gasteiger partial charge in [0.1, 0.15) is 5.56 Å². The van der Waals surface area contributed by atoms with Gasteiger partial charge in [-0.25, -0.2) is 0 Å². The Balaban J connectivity index is 1.71. The molecule has 0 spiro atoms. The predicted octanol–water partition coefficient (Wildman–Crippen LogP) is 1.15. The van der Waals surface area contributed by atoms with Gasteiger partial charge in [0, 0.05) is 49.9 Å². The second kappa shape index (κ2) is 7.74. The zero-order valence-electron chi connectivity index (χ0n) is 13.4. The van der Waals surface area contributed by atoms with Crippen LogP contribution in [0.1, 0.15) is 21.7 Å². The number of pyridine rings is 1. The maximum absolute atomic E-state index is 12.6. The van der Waals surface area contributed by atoms with Gasteiger partial charge in [0.05, 0.1) is 0 Å². The Labute approximate surface area is 144 Å². The highest BCUT2D eigenvalue weighted by Gasteiger charge is 2.30. The van der Waals surface area contributed by atoms with E-state index in [1.807, 2.05) is 6.07 Å². The molecule has 1 aliphatic rings. The topological polar surface area (TPSA) is 76.6 Å². The van der Waals surface area contributed by atoms with Crippen LogP contribution in [0, 0.1) is 0 Å². The number of aliphatic hydroxyl groups excluding tert-OH is 1. The van der Waals surface area contributed by atoms with Crippen molar-refractivity contribution in [1.82, 2.24) is 14.8 Å². The zero-order valence-corrected chi connectivity index (χ0v) is 14.2. The lowest BCUT2D eigenvalue weighted by Crippen LogP contribution is -2.55. The highest BCUT2D eigenvalue weighted by Crippen LogP contribution is 2.20. The van der Waals surface area contributed by atoms with E-state index in [4.69, 9.17) is 0 Å². The number of nitrogens with one attached hydrogen (secondary N) is 1. The van der Waals surface area contributed by atoms with E-state index in [1.54, 1.807) is 28.4 Å². The first-order valence-corrected chi connectivity index (χ1v) is 8.91. The molecule has 0 radical (unpaired) electrons. The van der Waals surface area contributed by atoms with Crippen molar-refractivity contribution < 1.29 is 9.90 Å². The van der Waals surface area contributed by atoms with Crippen LogP contribution in [0.15, 0.2) is 40.6 Å². The van der Waals surface area contributed by atoms with Gasteiger partial charge in [-0.2, -0.15) is 0 Å². The largest absolute Gasteiger partial charge is 0.396 e. The van der Waals surface area contributed by atoms with Crippen LogP contribution >= 0.6 is 11.3 Å². The van der Waals surface area contributed by atoms with Gasteiger partial charge in [0.15, 0.2) is 0 Å². The summed E-state index contributed by atoms with van der Waals surface area (Å²) in [5.74, 6) is -0.240. The third-order valence-corrected chi connectivity index (χ3v) is 5.20. The van der Waals surface area contributed by atoms with Crippen molar-refractivity contribution in [2.45, 2.75) is 19.0 Å². The molecule has 3 rings (SSSR count). The third-order valence-electron chi connectivity index (χ3n) is 4.34. The van der Waals surface area contributed by atoms with Gasteiger partial charge in [-0.1, -0.05) is 6.07 Å². The fourth-order valence-electron chi connectivity index (χ4n) is 3.07. The van der Waals surface area contributed by atoms with Crippen molar-refractivity contribution in [1.29, 1.82) is 0 Å². The van der Waals surface area contributed by atoms with Crippen LogP contribution in [-0.4, -0.2) is 58.1 Å². The van der Waals surface area contributed by atoms with Crippen LogP contribution in [0.3, 0.4) is 0 Å². The van der Waals surface area contributed by atoms with E-state index >= 15 is 0 Å². The molecule has 1 saturated heterocycles. The van der Waals surface area contributed by atoms with Crippen LogP contribution in [0.4, 0.5) is 0 Å². The van der Waals surface area contributed by atoms with Crippen LogP contribution < -0.4 is 5.56 Å². The van der Waals surface area contributed by atoms with E-state index in [0.717, 1.165) is 13.1 Å². The summed E-state index contributed by atoms with van der Waals surface area (Å²) in [6.07, 6.45) is 2.13. The lowest BCUT2D eigenvalue weighted by molar-refractivity contribution is 0.0397. The van der Waals surface area contributed by atoms with Crippen molar-refractivity contribution in [3.05, 3.63) is 56.6 Å². The molecular weight excluding hydrogens is 326 g/mol. The molecule has 24 heavy (non-hydrogen) atoms. The van der Waals surface area contributed by atoms with Crippen LogP contribution in [0.5, 0.6) is 0 Å². The minimum atomic E-state index is -0.359. The predicted molar refractivity (Wildman–Crippen MR) is 93.2 cm³/mol. The van der Waals surface area contributed by atoms with Crippen LogP contribution in [-0.2, 0) is 6.54 Å². The molecule has 0 saturated carbocycles. The number of aromatic nitrogens is 1. The fourth-order valence-corrected chi connectivity index (χ4v) is 3.80. The Kier molecular flexibility index (Phi) is 5.44. The summed E-state index contributed by atoms with van der Waals surface area (Å²) in [7, 11) is 0. The number of piperazine rings is 1. The van der Waals surface area contributed by atoms with Gasteiger partial charge in [-0.05, 0) is 30.0 Å². The summed E-state index contributed by atoms with van der Waals surface area (Å²) < 4.78 is 0. The molecule has 0 aliphatic carbocycles. The number of rotatable bonds is 5. The Morgan fingerprint density at radius 3 is 2.92 bits per heavy atom. The molecule has 2 aromatic heterocycles. The molecule has 2 aromatic rings. The first kappa shape index (κ1) is 16.9. The number of amides is 1. The van der Waals surface area contributed by atoms with Gasteiger partial charge in [-0.3, -0.25) is 14.5 Å². The quantitative estimate of drug-likeness (QED) is 0.851. The van der Waals surface area contributed by atoms with Crippen molar-refractivity contribution in [2.24, 2.45) is 0 Å². The average molecular weight is 347 g/mol. The lowest BCUT2D eigenvalue weighted by Gasteiger charge is -2.41. The van der Waals surface area contributed by atoms with Crippen molar-refractivity contribution in [2.75, 3.05) is 26.2 Å². The number of carbonyl (C=O) groups excluding carboxylic acids is 1. The normalized spacial score (nSPS) is 18.7. The number of thiophene rings is 1. The SMILES string of the molecule is O=C(c1ccc[nH]c1=O)N1CCN(Cc2cccs2)[C@@H](CCO)C1. The Morgan fingerprint density at radius 2 is 2.21 bits per heavy atom. The van der Waals surface area contributed by atoms with Crippen LogP contribution in [0.2, 0.25) is 0 Å². The molecule has 1 atom stereocenters. The van der Waals surface area contributed by atoms with Gasteiger partial charge < -0.3 is 15.0 Å². The summed E-state index contributed by atoms with van der Waals surface area (Å²) in [4.78, 5) is 32.3. The van der Waals surface area contributed by atoms with Crippen molar-refractivity contribution >= 4 is 17.2 Å². The van der Waals surface area contributed by atoms with E-state index < -0.39 is 0 Å². The number of hydrogen-bond donors (Lipinski definition) is 2. The molecule has 0 unspecified atom stereocenters. The van der Waals surface area contributed by atoms with Gasteiger partial charge in [0.2, 0.25) is 0 Å². The first-order valence-electron chi connectivity index (χ1n) is 8.03. The second-order valence-corrected chi connectivity index (χ2v) is 6.91. The molecule has 0 bridgehead atoms. The number of aromatic amines is 1. The number of nitrogens with zero attached hydrogens (tertiary/aromatic N) is 2. The highest BCUT2D eigenvalue weighted by atomic mass is 32.1. The molecule has 0 aromatic carbocycles. The summed E-state index contributed by atoms with van der Waals surface area (Å²) >= 11 is 1.71. The number of aliphatic hydroxyl groups is 1. The van der Waals surface area contributed by atoms with E-state index in [1.165, 1.54) is 11.1 Å². The zero-order chi connectivity index (χ0) is 16.9. The molecule has 128 valence electrons. The molecule has 2 N–H and O–H groups in total. The van der Waals surface area contributed by atoms with E-state index in [9.17, 15) is 14.7 Å². The minimum absolute atomic E-state index is 0.0829. The second-order valence-electron chi connectivity index (χ2n) is 5.88. The lowest BCUT2D eigenvalue weighted by atomic mass is 10.1. The van der Waals surface area contributed by atoms with Crippen molar-refractivity contribution in [3.8, 4) is 0 Å². The van der Waals surface area contributed by atoms with Crippen molar-refractivity contribution in [3.63, 3.8) is 0 Å². The standard InChI is InChI=1S/C17H21N3O3S/c21-9-5-13-11-20(17(23)15-4-1-6-18-16(15)22)8-7-19(13)12-14-3-2-10-24-14/h1-4,6,10,13,21H,5,7-9,11-12H2,(H,18,22)/t13-/m0/s1. The summed E-state index contributed by atoms with van der Waals surface area (Å²) in [5, 5.41) is 11.4. The average Bonchev–Trinajstić information content (AvgIpc) is 3.09. The number of carbonyl (C=O) groups is 1. The Bertz CT molecular complexity index is 729. The van der Waals surface area contributed by atoms with Gasteiger partial charge >= 0.3 is 0 Å². The molecule has 7 heteroatoms. The van der Waals surface area contributed by atoms with Gasteiger partial charge in [-0.15, -0.1) is 11.3 Å². The fraction of sp³-hybridized carbons (Fsp3) is 0.412. The molecule has 3 heterocycles. The van der Waals surface area contributed by atoms with Gasteiger partial charge in [0.25, 0.3) is 11.5 Å². The molecule has 6 nitrogen and oxygen atoms in total. The monoisotopic (exact) mass is 347 g/mol. The Hall–Kier alpha value is -1.96. The summed E-state index contributed by atoms with van der Waals surface area (Å²) in [6, 6.07) is 7.44.